The van der Waals surface area contributed by atoms with Crippen LogP contribution in [0, 0.1) is 5.92 Å². The first-order chi connectivity index (χ1) is 8.75. The number of hydrogen-bond donors (Lipinski definition) is 0. The van der Waals surface area contributed by atoms with Crippen LogP contribution in [-0.2, 0) is 11.2 Å². The third-order valence-electron chi connectivity index (χ3n) is 3.85. The highest BCUT2D eigenvalue weighted by Crippen LogP contribution is 2.24. The largest absolute Gasteiger partial charge is 0.299 e. The summed E-state index contributed by atoms with van der Waals surface area (Å²) in [6.07, 6.45) is 9.13. The van der Waals surface area contributed by atoms with Crippen molar-refractivity contribution in [2.75, 3.05) is 0 Å². The molecule has 0 spiro atoms. The summed E-state index contributed by atoms with van der Waals surface area (Å²) in [5, 5.41) is 0.733. The van der Waals surface area contributed by atoms with Crippen LogP contribution in [0.15, 0.2) is 24.3 Å². The Morgan fingerprint density at radius 2 is 1.56 bits per heavy atom. The maximum atomic E-state index is 12.3. The number of carbonyl (C=O) groups excluding carboxylic acids is 1. The summed E-state index contributed by atoms with van der Waals surface area (Å²) in [7, 11) is 0. The summed E-state index contributed by atoms with van der Waals surface area (Å²) >= 11 is 5.85. The maximum absolute atomic E-state index is 12.3. The molecule has 0 aromatic heterocycles. The lowest BCUT2D eigenvalue weighted by Gasteiger charge is -2.18. The Kier molecular flexibility index (Phi) is 5.25. The van der Waals surface area contributed by atoms with Crippen LogP contribution in [0.2, 0.25) is 5.02 Å². The first-order valence-corrected chi connectivity index (χ1v) is 7.40. The molecule has 0 unspecified atom stereocenters. The number of Topliss-reactive ketones (excluding diaryl/α,β-unsaturated/α-hetero) is 1. The molecule has 98 valence electrons. The van der Waals surface area contributed by atoms with Crippen LogP contribution >= 0.6 is 11.6 Å². The van der Waals surface area contributed by atoms with Crippen molar-refractivity contribution < 1.29 is 4.79 Å². The summed E-state index contributed by atoms with van der Waals surface area (Å²) in [5.74, 6) is 0.709. The van der Waals surface area contributed by atoms with E-state index in [4.69, 9.17) is 11.6 Å². The Labute approximate surface area is 115 Å². The van der Waals surface area contributed by atoms with Gasteiger partial charge in [0.15, 0.2) is 0 Å². The van der Waals surface area contributed by atoms with Crippen LogP contribution in [0.5, 0.6) is 0 Å². The van der Waals surface area contributed by atoms with Gasteiger partial charge in [0.25, 0.3) is 0 Å². The quantitative estimate of drug-likeness (QED) is 0.766. The lowest BCUT2D eigenvalue weighted by molar-refractivity contribution is -0.122. The second-order valence-corrected chi connectivity index (χ2v) is 5.75. The molecule has 1 saturated carbocycles. The van der Waals surface area contributed by atoms with Gasteiger partial charge in [0.2, 0.25) is 0 Å². The molecule has 2 rings (SSSR count). The molecule has 1 nitrogen and oxygen atoms in total. The number of rotatable bonds is 3. The first-order valence-electron chi connectivity index (χ1n) is 7.03. The average molecular weight is 265 g/mol. The summed E-state index contributed by atoms with van der Waals surface area (Å²) < 4.78 is 0. The van der Waals surface area contributed by atoms with Crippen molar-refractivity contribution in [2.24, 2.45) is 5.92 Å². The zero-order valence-electron chi connectivity index (χ0n) is 10.8. The predicted octanol–water partition coefficient (Wildman–Crippen LogP) is 4.81. The Hall–Kier alpha value is -0.820. The average Bonchev–Trinajstić information content (AvgIpc) is 2.31. The van der Waals surface area contributed by atoms with Gasteiger partial charge < -0.3 is 0 Å². The molecule has 18 heavy (non-hydrogen) atoms. The van der Waals surface area contributed by atoms with E-state index in [1.165, 1.54) is 32.1 Å². The van der Waals surface area contributed by atoms with E-state index in [0.717, 1.165) is 23.4 Å². The van der Waals surface area contributed by atoms with Gasteiger partial charge in [-0.05, 0) is 30.5 Å². The normalized spacial score (nSPS) is 18.1. The third-order valence-corrected chi connectivity index (χ3v) is 4.10. The van der Waals surface area contributed by atoms with Crippen molar-refractivity contribution in [2.45, 2.75) is 51.4 Å². The third kappa shape index (κ3) is 4.13. The van der Waals surface area contributed by atoms with E-state index in [1.807, 2.05) is 24.3 Å². The lowest BCUT2D eigenvalue weighted by Crippen LogP contribution is -2.18. The van der Waals surface area contributed by atoms with Crippen LogP contribution < -0.4 is 0 Å². The topological polar surface area (TPSA) is 17.1 Å². The van der Waals surface area contributed by atoms with Crippen molar-refractivity contribution in [3.8, 4) is 0 Å². The molecule has 0 heterocycles. The molecule has 0 amide bonds. The molecular weight excluding hydrogens is 244 g/mol. The van der Waals surface area contributed by atoms with E-state index in [-0.39, 0.29) is 0 Å². The second kappa shape index (κ2) is 6.94. The van der Waals surface area contributed by atoms with Gasteiger partial charge in [-0.25, -0.2) is 0 Å². The van der Waals surface area contributed by atoms with E-state index in [0.29, 0.717) is 18.1 Å². The van der Waals surface area contributed by atoms with Gasteiger partial charge in [-0.3, -0.25) is 4.79 Å². The molecule has 1 aliphatic carbocycles. The summed E-state index contributed by atoms with van der Waals surface area (Å²) in [5.41, 5.74) is 1.09. The highest BCUT2D eigenvalue weighted by Gasteiger charge is 2.19. The van der Waals surface area contributed by atoms with Gasteiger partial charge in [-0.1, -0.05) is 55.8 Å². The Bertz CT molecular complexity index is 375. The van der Waals surface area contributed by atoms with E-state index in [1.54, 1.807) is 0 Å². The van der Waals surface area contributed by atoms with Crippen LogP contribution in [0.4, 0.5) is 0 Å². The second-order valence-electron chi connectivity index (χ2n) is 5.31. The summed E-state index contributed by atoms with van der Waals surface area (Å²) in [6, 6.07) is 7.65. The number of ketones is 1. The molecule has 2 heteroatoms. The molecule has 0 saturated heterocycles. The van der Waals surface area contributed by atoms with E-state index in [9.17, 15) is 4.79 Å². The molecule has 0 N–H and O–H groups in total. The first kappa shape index (κ1) is 13.6. The summed E-state index contributed by atoms with van der Waals surface area (Å²) in [6.45, 7) is 0. The van der Waals surface area contributed by atoms with Crippen molar-refractivity contribution in [3.05, 3.63) is 34.9 Å². The summed E-state index contributed by atoms with van der Waals surface area (Å²) in [4.78, 5) is 12.3. The molecule has 1 aromatic rings. The van der Waals surface area contributed by atoms with Crippen molar-refractivity contribution in [1.29, 1.82) is 0 Å². The van der Waals surface area contributed by atoms with Gasteiger partial charge in [0.1, 0.15) is 5.78 Å². The zero-order chi connectivity index (χ0) is 12.8. The molecule has 0 aliphatic heterocycles. The van der Waals surface area contributed by atoms with Crippen molar-refractivity contribution in [1.82, 2.24) is 0 Å². The molecule has 1 aromatic carbocycles. The van der Waals surface area contributed by atoms with Gasteiger partial charge in [-0.15, -0.1) is 0 Å². The van der Waals surface area contributed by atoms with Crippen LogP contribution in [-0.4, -0.2) is 5.78 Å². The van der Waals surface area contributed by atoms with Crippen molar-refractivity contribution >= 4 is 17.4 Å². The standard InChI is InChI=1S/C16H21ClO/c17-15-10-8-13(9-11-15)12-16(18)14-6-4-2-1-3-5-7-14/h8-11,14H,1-7,12H2. The van der Waals surface area contributed by atoms with Gasteiger partial charge in [-0.2, -0.15) is 0 Å². The number of halogens is 1. The molecular formula is C16H21ClO. The van der Waals surface area contributed by atoms with Gasteiger partial charge >= 0.3 is 0 Å². The van der Waals surface area contributed by atoms with E-state index in [2.05, 4.69) is 0 Å². The van der Waals surface area contributed by atoms with E-state index >= 15 is 0 Å². The maximum Gasteiger partial charge on any atom is 0.140 e. The number of hydrogen-bond acceptors (Lipinski definition) is 1. The number of carbonyl (C=O) groups is 1. The zero-order valence-corrected chi connectivity index (χ0v) is 11.6. The number of benzene rings is 1. The predicted molar refractivity (Wildman–Crippen MR) is 76.0 cm³/mol. The minimum Gasteiger partial charge on any atom is -0.299 e. The fourth-order valence-corrected chi connectivity index (χ4v) is 2.85. The van der Waals surface area contributed by atoms with Crippen LogP contribution in [0.25, 0.3) is 0 Å². The highest BCUT2D eigenvalue weighted by atomic mass is 35.5. The lowest BCUT2D eigenvalue weighted by atomic mass is 9.86. The van der Waals surface area contributed by atoms with Crippen molar-refractivity contribution in [3.63, 3.8) is 0 Å². The minimum atomic E-state index is 0.293. The molecule has 1 aliphatic rings. The van der Waals surface area contributed by atoms with Crippen LogP contribution in [0.1, 0.15) is 50.5 Å². The van der Waals surface area contributed by atoms with Gasteiger partial charge in [0.05, 0.1) is 0 Å². The van der Waals surface area contributed by atoms with E-state index < -0.39 is 0 Å². The van der Waals surface area contributed by atoms with Gasteiger partial charge in [0, 0.05) is 17.4 Å². The smallest absolute Gasteiger partial charge is 0.140 e. The highest BCUT2D eigenvalue weighted by molar-refractivity contribution is 6.30. The Balaban J connectivity index is 1.91. The van der Waals surface area contributed by atoms with Crippen LogP contribution in [0.3, 0.4) is 0 Å². The SMILES string of the molecule is O=C(Cc1ccc(Cl)cc1)C1CCCCCCC1. The fraction of sp³-hybridized carbons (Fsp3) is 0.562. The molecule has 0 radical (unpaired) electrons. The monoisotopic (exact) mass is 264 g/mol. The molecule has 0 bridgehead atoms. The molecule has 1 fully saturated rings. The fourth-order valence-electron chi connectivity index (χ4n) is 2.73. The Morgan fingerprint density at radius 3 is 2.17 bits per heavy atom. The molecule has 0 atom stereocenters. The Morgan fingerprint density at radius 1 is 1.00 bits per heavy atom. The minimum absolute atomic E-state index is 0.293.